The molecule has 1 aliphatic carbocycles. The number of benzene rings is 1. The number of nitrogens with zero attached hydrogens (tertiary/aromatic N) is 3. The molecule has 1 heterocycles. The van der Waals surface area contributed by atoms with Gasteiger partial charge in [-0.1, -0.05) is 12.1 Å². The summed E-state index contributed by atoms with van der Waals surface area (Å²) in [7, 11) is 0. The second-order valence-corrected chi connectivity index (χ2v) is 6.05. The van der Waals surface area contributed by atoms with Crippen LogP contribution in [0.1, 0.15) is 32.6 Å². The highest BCUT2D eigenvalue weighted by molar-refractivity contribution is 5.70. The van der Waals surface area contributed by atoms with E-state index in [1.54, 1.807) is 6.33 Å². The first kappa shape index (κ1) is 15.5. The van der Waals surface area contributed by atoms with E-state index in [0.29, 0.717) is 6.04 Å². The van der Waals surface area contributed by atoms with E-state index in [1.165, 1.54) is 0 Å². The summed E-state index contributed by atoms with van der Waals surface area (Å²) in [5.41, 5.74) is 2.08. The minimum atomic E-state index is -0.663. The van der Waals surface area contributed by atoms with Crippen molar-refractivity contribution in [2.24, 2.45) is 5.92 Å². The number of hydrogen-bond donors (Lipinski definition) is 2. The molecule has 1 fully saturated rings. The van der Waals surface area contributed by atoms with Gasteiger partial charge in [0.1, 0.15) is 6.33 Å². The summed E-state index contributed by atoms with van der Waals surface area (Å²) in [5.74, 6) is 0.0255. The minimum Gasteiger partial charge on any atom is -0.481 e. The van der Waals surface area contributed by atoms with Gasteiger partial charge in [0.15, 0.2) is 5.82 Å². The van der Waals surface area contributed by atoms with Crippen molar-refractivity contribution in [2.75, 3.05) is 5.32 Å². The fourth-order valence-electron chi connectivity index (χ4n) is 3.18. The summed E-state index contributed by atoms with van der Waals surface area (Å²) in [6, 6.07) is 8.50. The van der Waals surface area contributed by atoms with Crippen molar-refractivity contribution in [3.8, 4) is 11.4 Å². The lowest BCUT2D eigenvalue weighted by Crippen LogP contribution is -2.29. The molecule has 122 valence electrons. The zero-order valence-corrected chi connectivity index (χ0v) is 13.3. The Morgan fingerprint density at radius 2 is 2.13 bits per heavy atom. The smallest absolute Gasteiger partial charge is 0.306 e. The Morgan fingerprint density at radius 1 is 1.35 bits per heavy atom. The Labute approximate surface area is 135 Å². The normalized spacial score (nSPS) is 21.1. The average Bonchev–Trinajstić information content (AvgIpc) is 3.04. The largest absolute Gasteiger partial charge is 0.481 e. The molecule has 1 aromatic carbocycles. The quantitative estimate of drug-likeness (QED) is 0.886. The number of hydrogen-bond acceptors (Lipinski definition) is 4. The third-order valence-corrected chi connectivity index (χ3v) is 4.52. The van der Waals surface area contributed by atoms with Gasteiger partial charge in [-0.3, -0.25) is 4.79 Å². The van der Waals surface area contributed by atoms with E-state index in [0.717, 1.165) is 49.3 Å². The van der Waals surface area contributed by atoms with Gasteiger partial charge in [0.25, 0.3) is 0 Å². The molecule has 6 nitrogen and oxygen atoms in total. The van der Waals surface area contributed by atoms with E-state index < -0.39 is 5.97 Å². The van der Waals surface area contributed by atoms with Crippen LogP contribution in [0.2, 0.25) is 0 Å². The number of anilines is 1. The zero-order chi connectivity index (χ0) is 16.2. The molecule has 0 bridgehead atoms. The van der Waals surface area contributed by atoms with Crippen LogP contribution in [0.15, 0.2) is 30.6 Å². The lowest BCUT2D eigenvalue weighted by molar-refractivity contribution is -0.142. The maximum atomic E-state index is 11.0. The van der Waals surface area contributed by atoms with Gasteiger partial charge >= 0.3 is 5.97 Å². The Kier molecular flexibility index (Phi) is 4.60. The molecule has 0 unspecified atom stereocenters. The first-order chi connectivity index (χ1) is 11.2. The van der Waals surface area contributed by atoms with Crippen LogP contribution >= 0.6 is 0 Å². The first-order valence-electron chi connectivity index (χ1n) is 8.15. The number of carboxylic acids is 1. The van der Waals surface area contributed by atoms with Crippen LogP contribution in [0.25, 0.3) is 11.4 Å². The second kappa shape index (κ2) is 6.81. The number of carbonyl (C=O) groups is 1. The molecule has 0 aliphatic heterocycles. The van der Waals surface area contributed by atoms with Gasteiger partial charge in [0.05, 0.1) is 5.92 Å². The molecule has 1 aromatic heterocycles. The van der Waals surface area contributed by atoms with Crippen molar-refractivity contribution >= 4 is 11.7 Å². The first-order valence-corrected chi connectivity index (χ1v) is 8.15. The topological polar surface area (TPSA) is 80.0 Å². The number of aromatic nitrogens is 3. The van der Waals surface area contributed by atoms with Crippen LogP contribution < -0.4 is 5.32 Å². The average molecular weight is 314 g/mol. The molecule has 0 atom stereocenters. The molecule has 23 heavy (non-hydrogen) atoms. The number of aryl methyl sites for hydroxylation is 1. The lowest BCUT2D eigenvalue weighted by Gasteiger charge is -2.27. The monoisotopic (exact) mass is 314 g/mol. The van der Waals surface area contributed by atoms with Gasteiger partial charge in [0, 0.05) is 23.8 Å². The second-order valence-electron chi connectivity index (χ2n) is 6.05. The Balaban J connectivity index is 1.68. The third-order valence-electron chi connectivity index (χ3n) is 4.52. The molecule has 1 aliphatic rings. The van der Waals surface area contributed by atoms with E-state index in [1.807, 2.05) is 22.8 Å². The number of nitrogens with one attached hydrogen (secondary N) is 1. The van der Waals surface area contributed by atoms with E-state index in [9.17, 15) is 4.79 Å². The summed E-state index contributed by atoms with van der Waals surface area (Å²) in [6.45, 7) is 2.90. The molecular formula is C17H22N4O2. The standard InChI is InChI=1S/C17H22N4O2/c1-2-21-11-18-20-16(21)13-4-3-5-15(10-13)19-14-8-6-12(7-9-14)17(22)23/h3-5,10-12,14,19H,2,6-9H2,1H3,(H,22,23). The molecule has 0 spiro atoms. The molecule has 6 heteroatoms. The summed E-state index contributed by atoms with van der Waals surface area (Å²) in [4.78, 5) is 11.0. The lowest BCUT2D eigenvalue weighted by atomic mass is 9.86. The van der Waals surface area contributed by atoms with Crippen molar-refractivity contribution in [2.45, 2.75) is 45.2 Å². The third kappa shape index (κ3) is 3.52. The van der Waals surface area contributed by atoms with E-state index in [-0.39, 0.29) is 5.92 Å². The number of aliphatic carboxylic acids is 1. The van der Waals surface area contributed by atoms with E-state index in [4.69, 9.17) is 5.11 Å². The Morgan fingerprint density at radius 3 is 2.83 bits per heavy atom. The highest BCUT2D eigenvalue weighted by Crippen LogP contribution is 2.28. The fourth-order valence-corrected chi connectivity index (χ4v) is 3.18. The summed E-state index contributed by atoms with van der Waals surface area (Å²) < 4.78 is 2.01. The Hall–Kier alpha value is -2.37. The number of carboxylic acid groups (broad SMARTS) is 1. The molecule has 3 rings (SSSR count). The van der Waals surface area contributed by atoms with Gasteiger partial charge in [0.2, 0.25) is 0 Å². The van der Waals surface area contributed by atoms with Gasteiger partial charge in [-0.05, 0) is 44.7 Å². The van der Waals surface area contributed by atoms with Crippen LogP contribution in [0.4, 0.5) is 5.69 Å². The molecule has 2 N–H and O–H groups in total. The van der Waals surface area contributed by atoms with Crippen molar-refractivity contribution in [1.29, 1.82) is 0 Å². The van der Waals surface area contributed by atoms with Crippen molar-refractivity contribution < 1.29 is 9.90 Å². The van der Waals surface area contributed by atoms with Crippen LogP contribution in [0.3, 0.4) is 0 Å². The summed E-state index contributed by atoms with van der Waals surface area (Å²) in [5, 5.41) is 20.8. The molecule has 0 amide bonds. The van der Waals surface area contributed by atoms with Crippen LogP contribution in [-0.4, -0.2) is 31.9 Å². The van der Waals surface area contributed by atoms with Gasteiger partial charge in [-0.25, -0.2) is 0 Å². The molecule has 1 saturated carbocycles. The van der Waals surface area contributed by atoms with Crippen LogP contribution in [0.5, 0.6) is 0 Å². The molecule has 2 aromatic rings. The maximum absolute atomic E-state index is 11.0. The molecular weight excluding hydrogens is 292 g/mol. The Bertz CT molecular complexity index is 675. The van der Waals surface area contributed by atoms with E-state index >= 15 is 0 Å². The molecule has 0 radical (unpaired) electrons. The van der Waals surface area contributed by atoms with Gasteiger partial charge in [-0.15, -0.1) is 10.2 Å². The fraction of sp³-hybridized carbons (Fsp3) is 0.471. The van der Waals surface area contributed by atoms with Crippen LogP contribution in [-0.2, 0) is 11.3 Å². The minimum absolute atomic E-state index is 0.178. The van der Waals surface area contributed by atoms with Gasteiger partial charge < -0.3 is 15.0 Å². The zero-order valence-electron chi connectivity index (χ0n) is 13.3. The SMILES string of the molecule is CCn1cnnc1-c1cccc(NC2CCC(C(=O)O)CC2)c1. The van der Waals surface area contributed by atoms with Gasteiger partial charge in [-0.2, -0.15) is 0 Å². The predicted molar refractivity (Wildman–Crippen MR) is 88.1 cm³/mol. The van der Waals surface area contributed by atoms with E-state index in [2.05, 4.69) is 28.5 Å². The maximum Gasteiger partial charge on any atom is 0.306 e. The highest BCUT2D eigenvalue weighted by Gasteiger charge is 2.25. The number of rotatable bonds is 5. The predicted octanol–water partition coefficient (Wildman–Crippen LogP) is 3.02. The van der Waals surface area contributed by atoms with Crippen molar-refractivity contribution in [3.05, 3.63) is 30.6 Å². The summed E-state index contributed by atoms with van der Waals surface area (Å²) >= 11 is 0. The molecule has 0 saturated heterocycles. The highest BCUT2D eigenvalue weighted by atomic mass is 16.4. The summed E-state index contributed by atoms with van der Waals surface area (Å²) in [6.07, 6.45) is 5.02. The van der Waals surface area contributed by atoms with Crippen LogP contribution in [0, 0.1) is 5.92 Å². The van der Waals surface area contributed by atoms with Crippen molar-refractivity contribution in [1.82, 2.24) is 14.8 Å². The van der Waals surface area contributed by atoms with Crippen molar-refractivity contribution in [3.63, 3.8) is 0 Å².